The van der Waals surface area contributed by atoms with Gasteiger partial charge in [-0.3, -0.25) is 14.7 Å². The quantitative estimate of drug-likeness (QED) is 0.412. The molecule has 0 amide bonds. The van der Waals surface area contributed by atoms with E-state index < -0.39 is 0 Å². The number of anilines is 2. The molecule has 148 valence electrons. The SMILES string of the molecule is COc1nccc2c(Nc3ccccc3)ccnc12.SNCCc1ccncc1. The van der Waals surface area contributed by atoms with Gasteiger partial charge in [0, 0.05) is 48.1 Å². The minimum absolute atomic E-state index is 0.536. The molecule has 6 nitrogen and oxygen atoms in total. The third-order valence-electron chi connectivity index (χ3n) is 4.15. The summed E-state index contributed by atoms with van der Waals surface area (Å²) in [5, 5.41) is 4.36. The Morgan fingerprint density at radius 1 is 0.897 bits per heavy atom. The number of methoxy groups -OCH3 is 1. The third kappa shape index (κ3) is 5.91. The number of fused-ring (bicyclic) bond motifs is 1. The van der Waals surface area contributed by atoms with Gasteiger partial charge in [0.25, 0.3) is 0 Å². The largest absolute Gasteiger partial charge is 0.479 e. The van der Waals surface area contributed by atoms with Crippen molar-refractivity contribution in [2.75, 3.05) is 19.0 Å². The molecule has 4 rings (SSSR count). The van der Waals surface area contributed by atoms with Crippen LogP contribution in [0.25, 0.3) is 10.9 Å². The normalized spacial score (nSPS) is 10.1. The predicted molar refractivity (Wildman–Crippen MR) is 121 cm³/mol. The topological polar surface area (TPSA) is 72.0 Å². The standard InChI is InChI=1S/C15H13N3O.C7H10N2S/c1-19-15-14-12(7-9-17-15)13(8-10-16-14)18-11-5-3-2-4-6-11;10-9-6-3-7-1-4-8-5-2-7/h2-10H,1H3,(H,16,18);1-2,4-5,9-10H,3,6H2. The summed E-state index contributed by atoms with van der Waals surface area (Å²) in [4.78, 5) is 12.4. The van der Waals surface area contributed by atoms with Gasteiger partial charge in [-0.2, -0.15) is 0 Å². The number of benzene rings is 1. The van der Waals surface area contributed by atoms with E-state index >= 15 is 0 Å². The number of ether oxygens (including phenoxy) is 1. The first-order valence-corrected chi connectivity index (χ1v) is 9.62. The summed E-state index contributed by atoms with van der Waals surface area (Å²) < 4.78 is 8.02. The molecule has 0 atom stereocenters. The number of nitrogens with one attached hydrogen (secondary N) is 2. The Morgan fingerprint density at radius 2 is 1.66 bits per heavy atom. The van der Waals surface area contributed by atoms with Gasteiger partial charge in [-0.15, -0.1) is 0 Å². The highest BCUT2D eigenvalue weighted by Crippen LogP contribution is 2.28. The Bertz CT molecular complexity index is 1020. The first-order valence-electron chi connectivity index (χ1n) is 9.17. The van der Waals surface area contributed by atoms with E-state index in [1.54, 1.807) is 31.9 Å². The molecule has 29 heavy (non-hydrogen) atoms. The average Bonchev–Trinajstić information content (AvgIpc) is 2.79. The number of aromatic nitrogens is 3. The molecular formula is C22H23N5OS. The van der Waals surface area contributed by atoms with E-state index in [2.05, 4.69) is 37.8 Å². The minimum atomic E-state index is 0.536. The van der Waals surface area contributed by atoms with Crippen LogP contribution in [0.5, 0.6) is 5.88 Å². The van der Waals surface area contributed by atoms with Crippen molar-refractivity contribution in [3.8, 4) is 5.88 Å². The molecule has 4 aromatic rings. The van der Waals surface area contributed by atoms with Crippen molar-refractivity contribution in [3.63, 3.8) is 0 Å². The molecule has 3 heterocycles. The van der Waals surface area contributed by atoms with Crippen molar-refractivity contribution in [1.82, 2.24) is 19.7 Å². The van der Waals surface area contributed by atoms with E-state index in [1.165, 1.54) is 5.56 Å². The van der Waals surface area contributed by atoms with Crippen molar-refractivity contribution in [2.45, 2.75) is 6.42 Å². The van der Waals surface area contributed by atoms with E-state index in [4.69, 9.17) is 4.74 Å². The van der Waals surface area contributed by atoms with Crippen LogP contribution in [0, 0.1) is 0 Å². The second kappa shape index (κ2) is 11.0. The van der Waals surface area contributed by atoms with Crippen LogP contribution in [-0.4, -0.2) is 28.6 Å². The number of thiol groups is 1. The molecule has 0 aliphatic carbocycles. The van der Waals surface area contributed by atoms with Crippen LogP contribution in [0.4, 0.5) is 11.4 Å². The Balaban J connectivity index is 0.000000204. The molecular weight excluding hydrogens is 382 g/mol. The van der Waals surface area contributed by atoms with E-state index in [0.29, 0.717) is 5.88 Å². The predicted octanol–water partition coefficient (Wildman–Crippen LogP) is 4.44. The van der Waals surface area contributed by atoms with Gasteiger partial charge in [0.1, 0.15) is 5.52 Å². The number of pyridine rings is 3. The van der Waals surface area contributed by atoms with Gasteiger partial charge in [-0.05, 0) is 48.4 Å². The lowest BCUT2D eigenvalue weighted by Crippen LogP contribution is -2.04. The average molecular weight is 406 g/mol. The Morgan fingerprint density at radius 3 is 2.38 bits per heavy atom. The highest BCUT2D eigenvalue weighted by Gasteiger charge is 2.07. The lowest BCUT2D eigenvalue weighted by Gasteiger charge is -2.10. The van der Waals surface area contributed by atoms with Crippen LogP contribution in [-0.2, 0) is 6.42 Å². The van der Waals surface area contributed by atoms with Crippen LogP contribution in [0.15, 0.2) is 79.4 Å². The maximum absolute atomic E-state index is 5.23. The summed E-state index contributed by atoms with van der Waals surface area (Å²) in [6, 6.07) is 17.9. The first-order chi connectivity index (χ1) is 14.3. The number of rotatable bonds is 6. The zero-order valence-electron chi connectivity index (χ0n) is 16.1. The molecule has 0 saturated carbocycles. The molecule has 0 unspecified atom stereocenters. The van der Waals surface area contributed by atoms with Crippen molar-refractivity contribution in [2.24, 2.45) is 0 Å². The summed E-state index contributed by atoms with van der Waals surface area (Å²) in [6.07, 6.45) is 8.07. The van der Waals surface area contributed by atoms with Crippen molar-refractivity contribution < 1.29 is 4.74 Å². The summed E-state index contributed by atoms with van der Waals surface area (Å²) in [5.74, 6) is 0.536. The number of nitrogens with zero attached hydrogens (tertiary/aromatic N) is 3. The molecule has 7 heteroatoms. The molecule has 0 radical (unpaired) electrons. The maximum Gasteiger partial charge on any atom is 0.240 e. The fraction of sp³-hybridized carbons (Fsp3) is 0.136. The summed E-state index contributed by atoms with van der Waals surface area (Å²) >= 11 is 3.89. The van der Waals surface area contributed by atoms with Gasteiger partial charge in [0.05, 0.1) is 7.11 Å². The third-order valence-corrected chi connectivity index (χ3v) is 4.37. The highest BCUT2D eigenvalue weighted by molar-refractivity contribution is 7.78. The van der Waals surface area contributed by atoms with Crippen LogP contribution < -0.4 is 14.8 Å². The fourth-order valence-corrected chi connectivity index (χ4v) is 2.85. The van der Waals surface area contributed by atoms with Crippen LogP contribution >= 0.6 is 12.8 Å². The molecule has 0 aliphatic heterocycles. The van der Waals surface area contributed by atoms with Gasteiger partial charge in [-0.25, -0.2) is 4.98 Å². The molecule has 3 aromatic heterocycles. The second-order valence-electron chi connectivity index (χ2n) is 6.08. The maximum atomic E-state index is 5.23. The van der Waals surface area contributed by atoms with Gasteiger partial charge < -0.3 is 10.1 Å². The molecule has 0 spiro atoms. The lowest BCUT2D eigenvalue weighted by atomic mass is 10.2. The molecule has 0 saturated heterocycles. The van der Waals surface area contributed by atoms with Crippen LogP contribution in [0.1, 0.15) is 5.56 Å². The minimum Gasteiger partial charge on any atom is -0.479 e. The number of hydrogen-bond acceptors (Lipinski definition) is 7. The van der Waals surface area contributed by atoms with Gasteiger partial charge in [0.15, 0.2) is 0 Å². The smallest absolute Gasteiger partial charge is 0.240 e. The van der Waals surface area contributed by atoms with E-state index in [-0.39, 0.29) is 0 Å². The fourth-order valence-electron chi connectivity index (χ4n) is 2.74. The first kappa shape index (κ1) is 20.6. The number of hydrogen-bond donors (Lipinski definition) is 3. The van der Waals surface area contributed by atoms with Crippen LogP contribution in [0.3, 0.4) is 0 Å². The molecule has 0 bridgehead atoms. The van der Waals surface area contributed by atoms with Crippen molar-refractivity contribution in [1.29, 1.82) is 0 Å². The van der Waals surface area contributed by atoms with Crippen LogP contribution in [0.2, 0.25) is 0 Å². The zero-order valence-corrected chi connectivity index (χ0v) is 17.0. The molecule has 1 aromatic carbocycles. The van der Waals surface area contributed by atoms with E-state index in [9.17, 15) is 0 Å². The zero-order chi connectivity index (χ0) is 20.3. The van der Waals surface area contributed by atoms with Crippen molar-refractivity contribution >= 4 is 35.1 Å². The lowest BCUT2D eigenvalue weighted by molar-refractivity contribution is 0.402. The van der Waals surface area contributed by atoms with Gasteiger partial charge in [0.2, 0.25) is 5.88 Å². The summed E-state index contributed by atoms with van der Waals surface area (Å²) in [7, 11) is 1.60. The molecule has 0 fully saturated rings. The van der Waals surface area contributed by atoms with Gasteiger partial charge >= 0.3 is 0 Å². The van der Waals surface area contributed by atoms with Gasteiger partial charge in [-0.1, -0.05) is 31.0 Å². The molecule has 2 N–H and O–H groups in total. The monoisotopic (exact) mass is 405 g/mol. The summed E-state index contributed by atoms with van der Waals surface area (Å²) in [5.41, 5.74) is 4.06. The molecule has 0 aliphatic rings. The highest BCUT2D eigenvalue weighted by atomic mass is 32.1. The summed E-state index contributed by atoms with van der Waals surface area (Å²) in [6.45, 7) is 0.896. The van der Waals surface area contributed by atoms with Crippen molar-refractivity contribution in [3.05, 3.63) is 84.9 Å². The number of para-hydroxylation sites is 1. The second-order valence-corrected chi connectivity index (χ2v) is 6.40. The Hall–Kier alpha value is -3.16. The van der Waals surface area contributed by atoms with E-state index in [1.807, 2.05) is 54.6 Å². The Kier molecular flexibility index (Phi) is 7.80. The Labute approximate surface area is 175 Å². The van der Waals surface area contributed by atoms with E-state index in [0.717, 1.165) is 35.2 Å².